The normalized spacial score (nSPS) is 12.0. The molecule has 1 atom stereocenters. The summed E-state index contributed by atoms with van der Waals surface area (Å²) in [5, 5.41) is 25.5. The molecule has 0 aliphatic carbocycles. The predicted octanol–water partition coefficient (Wildman–Crippen LogP) is 5.10. The highest BCUT2D eigenvalue weighted by atomic mass is 19.1. The topological polar surface area (TPSA) is 87.5 Å². The monoisotopic (exact) mass is 401 g/mol. The molecule has 2 aromatic carbocycles. The van der Waals surface area contributed by atoms with E-state index in [1.54, 1.807) is 19.2 Å². The molecule has 6 nitrogen and oxygen atoms in total. The number of halogens is 1. The maximum Gasteiger partial charge on any atom is 0.143 e. The van der Waals surface area contributed by atoms with E-state index in [-0.39, 0.29) is 11.7 Å². The third-order valence-corrected chi connectivity index (χ3v) is 5.18. The van der Waals surface area contributed by atoms with Crippen molar-refractivity contribution in [3.8, 4) is 23.1 Å². The number of benzene rings is 2. The second-order valence-electron chi connectivity index (χ2n) is 7.33. The number of nitrogens with zero attached hydrogens (tertiary/aromatic N) is 4. The number of fused-ring (bicyclic) bond motifs is 1. The largest absolute Gasteiger partial charge is 0.486 e. The van der Waals surface area contributed by atoms with E-state index in [0.29, 0.717) is 22.6 Å². The zero-order valence-corrected chi connectivity index (χ0v) is 17.1. The fourth-order valence-corrected chi connectivity index (χ4v) is 3.76. The van der Waals surface area contributed by atoms with Crippen LogP contribution in [0.15, 0.2) is 36.5 Å². The minimum atomic E-state index is -0.504. The summed E-state index contributed by atoms with van der Waals surface area (Å²) >= 11 is 0. The summed E-state index contributed by atoms with van der Waals surface area (Å²) in [7, 11) is 0. The van der Waals surface area contributed by atoms with E-state index in [9.17, 15) is 9.65 Å². The average molecular weight is 401 g/mol. The molecule has 30 heavy (non-hydrogen) atoms. The number of hydrogen-bond acceptors (Lipinski definition) is 5. The highest BCUT2D eigenvalue weighted by Crippen LogP contribution is 2.33. The van der Waals surface area contributed by atoms with Gasteiger partial charge in [0.05, 0.1) is 23.0 Å². The number of ether oxygens (including phenoxy) is 1. The molecule has 0 fully saturated rings. The van der Waals surface area contributed by atoms with E-state index in [0.717, 1.165) is 27.7 Å². The van der Waals surface area contributed by atoms with Crippen LogP contribution in [0, 0.1) is 37.9 Å². The molecule has 2 aromatic heterocycles. The van der Waals surface area contributed by atoms with Crippen LogP contribution in [-0.4, -0.2) is 20.4 Å². The Morgan fingerprint density at radius 2 is 1.93 bits per heavy atom. The van der Waals surface area contributed by atoms with Crippen LogP contribution in [0.5, 0.6) is 5.75 Å². The molecule has 0 saturated carbocycles. The summed E-state index contributed by atoms with van der Waals surface area (Å²) in [6.07, 6.45) is 1.51. The van der Waals surface area contributed by atoms with Gasteiger partial charge in [0.1, 0.15) is 29.4 Å². The SMILES string of the molecule is Cc1cc(-c2n[nH]c3ccc(O[C@H](C)c4c(C)cnnc4C)cc23)cc(C#N)c1F. The van der Waals surface area contributed by atoms with Crippen molar-refractivity contribution in [1.29, 1.82) is 5.26 Å². The summed E-state index contributed by atoms with van der Waals surface area (Å²) in [5.74, 6) is 0.170. The molecule has 1 N–H and O–H groups in total. The van der Waals surface area contributed by atoms with Crippen molar-refractivity contribution in [2.45, 2.75) is 33.8 Å². The molecule has 0 aliphatic rings. The summed E-state index contributed by atoms with van der Waals surface area (Å²) < 4.78 is 20.3. The first-order chi connectivity index (χ1) is 14.4. The zero-order chi connectivity index (χ0) is 21.4. The van der Waals surface area contributed by atoms with Gasteiger partial charge in [0.15, 0.2) is 0 Å². The van der Waals surface area contributed by atoms with Crippen molar-refractivity contribution in [2.24, 2.45) is 0 Å². The van der Waals surface area contributed by atoms with Gasteiger partial charge in [-0.3, -0.25) is 5.10 Å². The Bertz CT molecular complexity index is 1280. The Kier molecular flexibility index (Phi) is 4.92. The minimum Gasteiger partial charge on any atom is -0.486 e. The zero-order valence-electron chi connectivity index (χ0n) is 17.1. The summed E-state index contributed by atoms with van der Waals surface area (Å²) in [6, 6.07) is 10.8. The molecule has 4 rings (SSSR count). The van der Waals surface area contributed by atoms with Gasteiger partial charge in [-0.05, 0) is 69.2 Å². The molecule has 4 aromatic rings. The molecule has 0 spiro atoms. The maximum atomic E-state index is 14.1. The lowest BCUT2D eigenvalue weighted by Crippen LogP contribution is -2.09. The van der Waals surface area contributed by atoms with Gasteiger partial charge in [0, 0.05) is 16.5 Å². The van der Waals surface area contributed by atoms with Crippen molar-refractivity contribution < 1.29 is 9.13 Å². The first-order valence-electron chi connectivity index (χ1n) is 9.53. The Morgan fingerprint density at radius 1 is 1.13 bits per heavy atom. The van der Waals surface area contributed by atoms with Crippen molar-refractivity contribution in [2.75, 3.05) is 0 Å². The van der Waals surface area contributed by atoms with Gasteiger partial charge in [0.25, 0.3) is 0 Å². The standard InChI is InChI=1S/C23H20FN5O/c1-12-7-16(8-17(10-25)22(12)24)23-19-9-18(5-6-20(19)28-29-23)30-15(4)21-13(2)11-26-27-14(21)3/h5-9,11,15H,1-4H3,(H,28,29)/t15-/m1/s1. The Morgan fingerprint density at radius 3 is 2.67 bits per heavy atom. The molecule has 0 saturated heterocycles. The number of hydrogen-bond donors (Lipinski definition) is 1. The molecule has 150 valence electrons. The summed E-state index contributed by atoms with van der Waals surface area (Å²) in [6.45, 7) is 7.51. The van der Waals surface area contributed by atoms with Crippen molar-refractivity contribution in [3.63, 3.8) is 0 Å². The van der Waals surface area contributed by atoms with Gasteiger partial charge < -0.3 is 4.74 Å². The minimum absolute atomic E-state index is 0.00156. The fraction of sp³-hybridized carbons (Fsp3) is 0.217. The van der Waals surface area contributed by atoms with E-state index >= 15 is 0 Å². The molecular weight excluding hydrogens is 381 g/mol. The highest BCUT2D eigenvalue weighted by molar-refractivity contribution is 5.94. The van der Waals surface area contributed by atoms with Gasteiger partial charge >= 0.3 is 0 Å². The fourth-order valence-electron chi connectivity index (χ4n) is 3.76. The molecule has 0 amide bonds. The van der Waals surface area contributed by atoms with E-state index in [1.807, 2.05) is 45.0 Å². The van der Waals surface area contributed by atoms with Gasteiger partial charge in [-0.15, -0.1) is 0 Å². The maximum absolute atomic E-state index is 14.1. The molecule has 0 unspecified atom stereocenters. The van der Waals surface area contributed by atoms with Gasteiger partial charge in [-0.2, -0.15) is 20.6 Å². The first kappa shape index (κ1) is 19.5. The third-order valence-electron chi connectivity index (χ3n) is 5.18. The number of aryl methyl sites for hydroxylation is 3. The van der Waals surface area contributed by atoms with Crippen LogP contribution in [0.1, 0.15) is 41.0 Å². The second-order valence-corrected chi connectivity index (χ2v) is 7.33. The molecule has 0 aliphatic heterocycles. The number of rotatable bonds is 4. The highest BCUT2D eigenvalue weighted by Gasteiger charge is 2.17. The predicted molar refractivity (Wildman–Crippen MR) is 111 cm³/mol. The van der Waals surface area contributed by atoms with Crippen molar-refractivity contribution in [3.05, 3.63) is 70.3 Å². The van der Waals surface area contributed by atoms with E-state index < -0.39 is 5.82 Å². The van der Waals surface area contributed by atoms with Gasteiger partial charge in [-0.25, -0.2) is 4.39 Å². The Labute approximate surface area is 173 Å². The lowest BCUT2D eigenvalue weighted by Gasteiger charge is -2.18. The van der Waals surface area contributed by atoms with Gasteiger partial charge in [-0.1, -0.05) is 0 Å². The van der Waals surface area contributed by atoms with Crippen LogP contribution >= 0.6 is 0 Å². The third kappa shape index (κ3) is 3.37. The van der Waals surface area contributed by atoms with E-state index in [4.69, 9.17) is 4.74 Å². The first-order valence-corrected chi connectivity index (χ1v) is 9.53. The second kappa shape index (κ2) is 7.56. The smallest absolute Gasteiger partial charge is 0.143 e. The number of H-pyrrole nitrogens is 1. The van der Waals surface area contributed by atoms with Crippen LogP contribution in [0.4, 0.5) is 4.39 Å². The lowest BCUT2D eigenvalue weighted by atomic mass is 10.0. The summed E-state index contributed by atoms with van der Waals surface area (Å²) in [4.78, 5) is 0. The van der Waals surface area contributed by atoms with Crippen LogP contribution in [0.2, 0.25) is 0 Å². The Balaban J connectivity index is 1.74. The molecular formula is C23H20FN5O. The van der Waals surface area contributed by atoms with Crippen LogP contribution < -0.4 is 4.74 Å². The van der Waals surface area contributed by atoms with Crippen LogP contribution in [0.25, 0.3) is 22.2 Å². The van der Waals surface area contributed by atoms with E-state index in [1.165, 1.54) is 6.07 Å². The van der Waals surface area contributed by atoms with Crippen LogP contribution in [-0.2, 0) is 0 Å². The van der Waals surface area contributed by atoms with Crippen LogP contribution in [0.3, 0.4) is 0 Å². The molecule has 0 bridgehead atoms. The average Bonchev–Trinajstić information content (AvgIpc) is 3.13. The molecule has 0 radical (unpaired) electrons. The van der Waals surface area contributed by atoms with Gasteiger partial charge in [0.2, 0.25) is 0 Å². The van der Waals surface area contributed by atoms with Crippen molar-refractivity contribution >= 4 is 10.9 Å². The Hall–Kier alpha value is -3.79. The lowest BCUT2D eigenvalue weighted by molar-refractivity contribution is 0.225. The van der Waals surface area contributed by atoms with Crippen molar-refractivity contribution in [1.82, 2.24) is 20.4 Å². The molecule has 2 heterocycles. The number of nitrogens with one attached hydrogen (secondary N) is 1. The summed E-state index contributed by atoms with van der Waals surface area (Å²) in [5.41, 5.74) is 5.39. The molecule has 7 heteroatoms. The number of aromatic amines is 1. The number of aromatic nitrogens is 4. The van der Waals surface area contributed by atoms with E-state index in [2.05, 4.69) is 20.4 Å². The number of nitriles is 1. The quantitative estimate of drug-likeness (QED) is 0.514.